The summed E-state index contributed by atoms with van der Waals surface area (Å²) >= 11 is 0. The van der Waals surface area contributed by atoms with Crippen molar-refractivity contribution < 1.29 is 0 Å². The first-order valence-electron chi connectivity index (χ1n) is 4.21. The Morgan fingerprint density at radius 3 is 2.25 bits per heavy atom. The lowest BCUT2D eigenvalue weighted by Gasteiger charge is -2.45. The molecule has 0 aromatic carbocycles. The Kier molecular flexibility index (Phi) is 1.98. The SMILES string of the molecule is CC1(C)C=CCC(C)(C)N1N=O. The van der Waals surface area contributed by atoms with Gasteiger partial charge in [0.2, 0.25) is 0 Å². The van der Waals surface area contributed by atoms with Gasteiger partial charge in [-0.25, -0.2) is 5.01 Å². The molecule has 0 amide bonds. The van der Waals surface area contributed by atoms with Gasteiger partial charge in [-0.3, -0.25) is 0 Å². The Balaban J connectivity index is 3.02. The third kappa shape index (κ3) is 1.36. The third-order valence-electron chi connectivity index (χ3n) is 2.34. The quantitative estimate of drug-likeness (QED) is 0.445. The summed E-state index contributed by atoms with van der Waals surface area (Å²) in [6.45, 7) is 8.04. The van der Waals surface area contributed by atoms with Gasteiger partial charge in [-0.05, 0) is 34.1 Å². The molecule has 68 valence electrons. The summed E-state index contributed by atoms with van der Waals surface area (Å²) in [5.74, 6) is 0. The Labute approximate surface area is 73.4 Å². The zero-order valence-electron chi connectivity index (χ0n) is 8.16. The van der Waals surface area contributed by atoms with Crippen LogP contribution in [0.4, 0.5) is 0 Å². The van der Waals surface area contributed by atoms with Crippen LogP contribution in [0.5, 0.6) is 0 Å². The van der Waals surface area contributed by atoms with E-state index in [2.05, 4.69) is 11.4 Å². The van der Waals surface area contributed by atoms with Gasteiger partial charge < -0.3 is 0 Å². The topological polar surface area (TPSA) is 32.7 Å². The van der Waals surface area contributed by atoms with Crippen molar-refractivity contribution in [3.63, 3.8) is 0 Å². The van der Waals surface area contributed by atoms with Gasteiger partial charge in [0, 0.05) is 0 Å². The highest BCUT2D eigenvalue weighted by atomic mass is 16.3. The molecule has 1 aliphatic rings. The van der Waals surface area contributed by atoms with E-state index in [9.17, 15) is 4.91 Å². The fourth-order valence-electron chi connectivity index (χ4n) is 1.79. The highest BCUT2D eigenvalue weighted by Gasteiger charge is 2.38. The molecule has 1 aliphatic heterocycles. The molecular weight excluding hydrogens is 152 g/mol. The standard InChI is InChI=1S/C9H16N2O/c1-8(2)6-5-7-9(3,4)11(8)10-12/h5-6H,7H2,1-4H3. The van der Waals surface area contributed by atoms with Crippen molar-refractivity contribution in [2.45, 2.75) is 45.2 Å². The van der Waals surface area contributed by atoms with Gasteiger partial charge in [-0.1, -0.05) is 12.2 Å². The number of nitrogens with zero attached hydrogens (tertiary/aromatic N) is 2. The highest BCUT2D eigenvalue weighted by molar-refractivity contribution is 5.11. The Morgan fingerprint density at radius 1 is 1.33 bits per heavy atom. The predicted molar refractivity (Wildman–Crippen MR) is 49.5 cm³/mol. The van der Waals surface area contributed by atoms with Gasteiger partial charge in [0.15, 0.2) is 0 Å². The molecule has 0 N–H and O–H groups in total. The second-order valence-corrected chi connectivity index (χ2v) is 4.47. The molecule has 0 radical (unpaired) electrons. The van der Waals surface area contributed by atoms with Crippen molar-refractivity contribution in [1.82, 2.24) is 5.01 Å². The van der Waals surface area contributed by atoms with Crippen LogP contribution in [-0.2, 0) is 0 Å². The molecule has 3 heteroatoms. The largest absolute Gasteiger partial charge is 0.246 e. The fourth-order valence-corrected chi connectivity index (χ4v) is 1.79. The van der Waals surface area contributed by atoms with Gasteiger partial charge in [0.1, 0.15) is 0 Å². The maximum atomic E-state index is 10.6. The molecule has 0 atom stereocenters. The molecule has 0 unspecified atom stereocenters. The summed E-state index contributed by atoms with van der Waals surface area (Å²) in [7, 11) is 0. The minimum atomic E-state index is -0.247. The third-order valence-corrected chi connectivity index (χ3v) is 2.34. The van der Waals surface area contributed by atoms with Crippen molar-refractivity contribution in [3.05, 3.63) is 17.1 Å². The number of rotatable bonds is 1. The first-order valence-corrected chi connectivity index (χ1v) is 4.21. The van der Waals surface area contributed by atoms with Crippen LogP contribution in [0.1, 0.15) is 34.1 Å². The molecule has 0 aromatic heterocycles. The molecule has 1 heterocycles. The lowest BCUT2D eigenvalue weighted by Crippen LogP contribution is -2.53. The monoisotopic (exact) mass is 168 g/mol. The smallest absolute Gasteiger partial charge is 0.0740 e. The average Bonchev–Trinajstić information content (AvgIpc) is 1.83. The first-order chi connectivity index (χ1) is 5.40. The van der Waals surface area contributed by atoms with Crippen LogP contribution in [-0.4, -0.2) is 16.1 Å². The summed E-state index contributed by atoms with van der Waals surface area (Å²) < 4.78 is 0. The summed E-state index contributed by atoms with van der Waals surface area (Å²) in [4.78, 5) is 10.6. The summed E-state index contributed by atoms with van der Waals surface area (Å²) in [6, 6.07) is 0. The lowest BCUT2D eigenvalue weighted by molar-refractivity contribution is 0.0363. The molecule has 0 spiro atoms. The molecule has 0 saturated carbocycles. The van der Waals surface area contributed by atoms with E-state index < -0.39 is 0 Å². The van der Waals surface area contributed by atoms with E-state index in [0.29, 0.717) is 0 Å². The van der Waals surface area contributed by atoms with Crippen molar-refractivity contribution in [1.29, 1.82) is 0 Å². The molecule has 0 saturated heterocycles. The minimum Gasteiger partial charge on any atom is -0.246 e. The minimum absolute atomic E-state index is 0.153. The van der Waals surface area contributed by atoms with Gasteiger partial charge >= 0.3 is 0 Å². The second-order valence-electron chi connectivity index (χ2n) is 4.47. The molecule has 3 nitrogen and oxygen atoms in total. The summed E-state index contributed by atoms with van der Waals surface area (Å²) in [5, 5.41) is 4.71. The first kappa shape index (κ1) is 9.23. The van der Waals surface area contributed by atoms with E-state index in [0.717, 1.165) is 6.42 Å². The number of hydrogen-bond donors (Lipinski definition) is 0. The van der Waals surface area contributed by atoms with Crippen LogP contribution in [0, 0.1) is 4.91 Å². The maximum Gasteiger partial charge on any atom is 0.0740 e. The Bertz CT molecular complexity index is 219. The van der Waals surface area contributed by atoms with Crippen LogP contribution in [0.3, 0.4) is 0 Å². The van der Waals surface area contributed by atoms with E-state index in [4.69, 9.17) is 0 Å². The van der Waals surface area contributed by atoms with E-state index in [1.165, 1.54) is 0 Å². The van der Waals surface area contributed by atoms with Gasteiger partial charge in [0.05, 0.1) is 16.4 Å². The van der Waals surface area contributed by atoms with Gasteiger partial charge in [0.25, 0.3) is 0 Å². The lowest BCUT2D eigenvalue weighted by atomic mass is 9.87. The van der Waals surface area contributed by atoms with E-state index in [-0.39, 0.29) is 11.1 Å². The molecule has 0 aromatic rings. The van der Waals surface area contributed by atoms with Gasteiger partial charge in [-0.15, -0.1) is 4.91 Å². The molecular formula is C9H16N2O. The second kappa shape index (κ2) is 2.57. The van der Waals surface area contributed by atoms with Crippen molar-refractivity contribution in [2.75, 3.05) is 0 Å². The molecule has 0 fully saturated rings. The fraction of sp³-hybridized carbons (Fsp3) is 0.778. The van der Waals surface area contributed by atoms with Crippen molar-refractivity contribution in [2.24, 2.45) is 5.29 Å². The Morgan fingerprint density at radius 2 is 1.92 bits per heavy atom. The van der Waals surface area contributed by atoms with E-state index >= 15 is 0 Å². The van der Waals surface area contributed by atoms with Crippen LogP contribution in [0.25, 0.3) is 0 Å². The molecule has 12 heavy (non-hydrogen) atoms. The van der Waals surface area contributed by atoms with E-state index in [1.807, 2.05) is 33.8 Å². The molecule has 0 aliphatic carbocycles. The van der Waals surface area contributed by atoms with Crippen molar-refractivity contribution >= 4 is 0 Å². The normalized spacial score (nSPS) is 25.5. The van der Waals surface area contributed by atoms with Gasteiger partial charge in [-0.2, -0.15) is 0 Å². The predicted octanol–water partition coefficient (Wildman–Crippen LogP) is 2.49. The van der Waals surface area contributed by atoms with Crippen LogP contribution in [0.15, 0.2) is 17.4 Å². The average molecular weight is 168 g/mol. The number of hydrogen-bond acceptors (Lipinski definition) is 2. The highest BCUT2D eigenvalue weighted by Crippen LogP contribution is 2.33. The summed E-state index contributed by atoms with van der Waals surface area (Å²) in [5.41, 5.74) is -0.399. The maximum absolute atomic E-state index is 10.6. The van der Waals surface area contributed by atoms with Crippen LogP contribution < -0.4 is 0 Å². The van der Waals surface area contributed by atoms with Crippen molar-refractivity contribution in [3.8, 4) is 0 Å². The van der Waals surface area contributed by atoms with Crippen LogP contribution in [0.2, 0.25) is 0 Å². The zero-order valence-corrected chi connectivity index (χ0v) is 8.16. The number of nitroso groups, excluding NO2 is 1. The van der Waals surface area contributed by atoms with Crippen LogP contribution >= 0.6 is 0 Å². The zero-order chi connectivity index (χ0) is 9.41. The molecule has 1 rings (SSSR count). The molecule has 0 bridgehead atoms. The Hall–Kier alpha value is -0.860. The summed E-state index contributed by atoms with van der Waals surface area (Å²) in [6.07, 6.45) is 5.02. The van der Waals surface area contributed by atoms with E-state index in [1.54, 1.807) is 5.01 Å².